The van der Waals surface area contributed by atoms with Gasteiger partial charge in [-0.2, -0.15) is 0 Å². The van der Waals surface area contributed by atoms with E-state index < -0.39 is 0 Å². The Hall–Kier alpha value is 0.0300. The normalized spacial score (nSPS) is 15.1. The number of aliphatic imine (C=N–C) groups is 1. The monoisotopic (exact) mass is 256 g/mol. The Morgan fingerprint density at radius 2 is 2.20 bits per heavy atom. The molecule has 0 rings (SSSR count). The smallest absolute Gasteiger partial charge is 0.154 e. The van der Waals surface area contributed by atoms with Crippen LogP contribution in [-0.4, -0.2) is 19.3 Å². The summed E-state index contributed by atoms with van der Waals surface area (Å²) in [5.41, 5.74) is 5.54. The maximum absolute atomic E-state index is 12.9. The Labute approximate surface area is 73.5 Å². The summed E-state index contributed by atoms with van der Waals surface area (Å²) in [6.45, 7) is 1.83. The molecule has 0 aromatic heterocycles. The summed E-state index contributed by atoms with van der Waals surface area (Å²) >= 11 is 1.90. The van der Waals surface area contributed by atoms with Crippen molar-refractivity contribution < 1.29 is 4.39 Å². The average Bonchev–Trinajstić information content (AvgIpc) is 1.90. The second-order valence-corrected chi connectivity index (χ2v) is 3.34. The SMILES string of the molecule is CN=C(CN)/C(F)=C(\C)I. The van der Waals surface area contributed by atoms with Crippen molar-refractivity contribution in [2.75, 3.05) is 13.6 Å². The molecular weight excluding hydrogens is 246 g/mol. The van der Waals surface area contributed by atoms with Gasteiger partial charge in [0.25, 0.3) is 0 Å². The second kappa shape index (κ2) is 4.79. The van der Waals surface area contributed by atoms with Crippen LogP contribution < -0.4 is 5.73 Å². The lowest BCUT2D eigenvalue weighted by Crippen LogP contribution is -2.14. The third-order valence-electron chi connectivity index (χ3n) is 1.02. The van der Waals surface area contributed by atoms with Crippen LogP contribution in [0.4, 0.5) is 4.39 Å². The number of nitrogens with two attached hydrogens (primary N) is 1. The minimum Gasteiger partial charge on any atom is -0.325 e. The Morgan fingerprint density at radius 1 is 1.70 bits per heavy atom. The third-order valence-corrected chi connectivity index (χ3v) is 1.49. The molecule has 0 saturated heterocycles. The molecule has 0 unspecified atom stereocenters. The van der Waals surface area contributed by atoms with Crippen LogP contribution in [0.15, 0.2) is 14.4 Å². The van der Waals surface area contributed by atoms with E-state index in [9.17, 15) is 4.39 Å². The van der Waals surface area contributed by atoms with Gasteiger partial charge in [0.1, 0.15) is 0 Å². The van der Waals surface area contributed by atoms with Crippen molar-refractivity contribution in [2.45, 2.75) is 6.92 Å². The maximum atomic E-state index is 12.9. The van der Waals surface area contributed by atoms with Gasteiger partial charge in [-0.1, -0.05) is 0 Å². The molecule has 0 aliphatic heterocycles. The number of hydrogen-bond donors (Lipinski definition) is 1. The van der Waals surface area contributed by atoms with Gasteiger partial charge >= 0.3 is 0 Å². The molecule has 0 spiro atoms. The molecule has 0 aliphatic rings. The Kier molecular flexibility index (Phi) is 4.80. The highest BCUT2D eigenvalue weighted by Gasteiger charge is 2.04. The number of hydrogen-bond acceptors (Lipinski definition) is 2. The lowest BCUT2D eigenvalue weighted by Gasteiger charge is -1.98. The molecule has 0 atom stereocenters. The molecule has 0 fully saturated rings. The lowest BCUT2D eigenvalue weighted by atomic mass is 10.3. The van der Waals surface area contributed by atoms with E-state index >= 15 is 0 Å². The summed E-state index contributed by atoms with van der Waals surface area (Å²) in [5, 5.41) is 0. The highest BCUT2D eigenvalue weighted by molar-refractivity contribution is 14.1. The first-order chi connectivity index (χ1) is 4.63. The summed E-state index contributed by atoms with van der Waals surface area (Å²) in [6, 6.07) is 0. The van der Waals surface area contributed by atoms with Gasteiger partial charge in [-0.05, 0) is 29.5 Å². The fourth-order valence-corrected chi connectivity index (χ4v) is 0.789. The molecule has 2 N–H and O–H groups in total. The molecule has 10 heavy (non-hydrogen) atoms. The molecule has 0 radical (unpaired) electrons. The number of rotatable bonds is 2. The molecule has 0 heterocycles. The summed E-state index contributed by atoms with van der Waals surface area (Å²) in [4.78, 5) is 3.68. The van der Waals surface area contributed by atoms with Crippen molar-refractivity contribution >= 4 is 28.3 Å². The summed E-state index contributed by atoms with van der Waals surface area (Å²) in [5.74, 6) is -0.300. The quantitative estimate of drug-likeness (QED) is 0.592. The van der Waals surface area contributed by atoms with Crippen molar-refractivity contribution in [2.24, 2.45) is 10.7 Å². The second-order valence-electron chi connectivity index (χ2n) is 1.72. The minimum atomic E-state index is -0.300. The van der Waals surface area contributed by atoms with E-state index in [1.54, 1.807) is 6.92 Å². The highest BCUT2D eigenvalue weighted by atomic mass is 127. The molecule has 0 aliphatic carbocycles. The number of nitrogens with zero attached hydrogens (tertiary/aromatic N) is 1. The van der Waals surface area contributed by atoms with Gasteiger partial charge in [0.2, 0.25) is 0 Å². The van der Waals surface area contributed by atoms with Crippen molar-refractivity contribution in [1.29, 1.82) is 0 Å². The summed E-state index contributed by atoms with van der Waals surface area (Å²) in [6.07, 6.45) is 0. The van der Waals surface area contributed by atoms with E-state index in [2.05, 4.69) is 4.99 Å². The average molecular weight is 256 g/mol. The first-order valence-electron chi connectivity index (χ1n) is 2.81. The van der Waals surface area contributed by atoms with Gasteiger partial charge < -0.3 is 5.73 Å². The molecule has 4 heteroatoms. The van der Waals surface area contributed by atoms with Crippen molar-refractivity contribution in [3.05, 3.63) is 9.41 Å². The maximum Gasteiger partial charge on any atom is 0.154 e. The van der Waals surface area contributed by atoms with Crippen LogP contribution in [0.3, 0.4) is 0 Å². The molecule has 2 nitrogen and oxygen atoms in total. The van der Waals surface area contributed by atoms with E-state index in [0.29, 0.717) is 9.29 Å². The first-order valence-corrected chi connectivity index (χ1v) is 3.89. The fourth-order valence-electron chi connectivity index (χ4n) is 0.478. The number of allylic oxidation sites excluding steroid dienone is 1. The molecule has 0 saturated carbocycles. The van der Waals surface area contributed by atoms with Gasteiger partial charge in [-0.25, -0.2) is 4.39 Å². The molecule has 0 bridgehead atoms. The zero-order valence-electron chi connectivity index (χ0n) is 5.99. The topological polar surface area (TPSA) is 38.4 Å². The van der Waals surface area contributed by atoms with Gasteiger partial charge in [0, 0.05) is 17.2 Å². The largest absolute Gasteiger partial charge is 0.325 e. The molecule has 0 amide bonds. The lowest BCUT2D eigenvalue weighted by molar-refractivity contribution is 0.675. The van der Waals surface area contributed by atoms with Gasteiger partial charge in [-0.15, -0.1) is 0 Å². The van der Waals surface area contributed by atoms with Crippen LogP contribution in [0.5, 0.6) is 0 Å². The van der Waals surface area contributed by atoms with E-state index in [4.69, 9.17) is 5.73 Å². The van der Waals surface area contributed by atoms with Gasteiger partial charge in [0.05, 0.1) is 5.71 Å². The molecule has 58 valence electrons. The fraction of sp³-hybridized carbons (Fsp3) is 0.500. The molecular formula is C6H10FIN2. The Morgan fingerprint density at radius 3 is 2.30 bits per heavy atom. The standard InChI is InChI=1S/C6H10FIN2/c1-4(8)6(7)5(3-9)10-2/h3,9H2,1-2H3/b6-4-,10-5?. The van der Waals surface area contributed by atoms with Crippen LogP contribution in [0.2, 0.25) is 0 Å². The van der Waals surface area contributed by atoms with Crippen molar-refractivity contribution in [3.63, 3.8) is 0 Å². The number of halogens is 2. The highest BCUT2D eigenvalue weighted by Crippen LogP contribution is 2.13. The first kappa shape index (κ1) is 10.0. The van der Waals surface area contributed by atoms with Crippen LogP contribution in [0.25, 0.3) is 0 Å². The predicted molar refractivity (Wildman–Crippen MR) is 50.2 cm³/mol. The summed E-state index contributed by atoms with van der Waals surface area (Å²) < 4.78 is 13.4. The molecule has 0 aromatic carbocycles. The van der Waals surface area contributed by atoms with Gasteiger partial charge in [0.15, 0.2) is 5.83 Å². The van der Waals surface area contributed by atoms with Crippen LogP contribution in [0.1, 0.15) is 6.92 Å². The summed E-state index contributed by atoms with van der Waals surface area (Å²) in [7, 11) is 1.53. The third kappa shape index (κ3) is 2.74. The minimum absolute atomic E-state index is 0.155. The van der Waals surface area contributed by atoms with E-state index in [-0.39, 0.29) is 12.4 Å². The Balaban J connectivity index is 4.48. The van der Waals surface area contributed by atoms with Crippen molar-refractivity contribution in [1.82, 2.24) is 0 Å². The van der Waals surface area contributed by atoms with Crippen LogP contribution >= 0.6 is 22.6 Å². The zero-order valence-corrected chi connectivity index (χ0v) is 8.15. The molecule has 0 aromatic rings. The van der Waals surface area contributed by atoms with E-state index in [1.165, 1.54) is 7.05 Å². The van der Waals surface area contributed by atoms with Crippen LogP contribution in [0, 0.1) is 0 Å². The van der Waals surface area contributed by atoms with Gasteiger partial charge in [-0.3, -0.25) is 4.99 Å². The van der Waals surface area contributed by atoms with Crippen LogP contribution in [-0.2, 0) is 0 Å². The zero-order chi connectivity index (χ0) is 8.15. The van der Waals surface area contributed by atoms with Crippen molar-refractivity contribution in [3.8, 4) is 0 Å². The van der Waals surface area contributed by atoms with E-state index in [1.807, 2.05) is 22.6 Å². The predicted octanol–water partition coefficient (Wildman–Crippen LogP) is 1.65. The Bertz CT molecular complexity index is 171. The van der Waals surface area contributed by atoms with E-state index in [0.717, 1.165) is 0 Å².